The van der Waals surface area contributed by atoms with Crippen LogP contribution in [0.3, 0.4) is 0 Å². The number of amides is 1. The van der Waals surface area contributed by atoms with E-state index in [9.17, 15) is 18.0 Å². The van der Waals surface area contributed by atoms with E-state index >= 15 is 0 Å². The van der Waals surface area contributed by atoms with Crippen molar-refractivity contribution in [2.24, 2.45) is 35.5 Å². The highest BCUT2D eigenvalue weighted by Gasteiger charge is 2.54. The van der Waals surface area contributed by atoms with Crippen LogP contribution in [0.2, 0.25) is 0 Å². The average Bonchev–Trinajstić information content (AvgIpc) is 3.12. The van der Waals surface area contributed by atoms with Gasteiger partial charge in [-0.2, -0.15) is 13.2 Å². The summed E-state index contributed by atoms with van der Waals surface area (Å²) >= 11 is 1.06. The third-order valence-electron chi connectivity index (χ3n) is 11.2. The van der Waals surface area contributed by atoms with Crippen LogP contribution in [0.4, 0.5) is 18.9 Å². The number of thiophene rings is 1. The van der Waals surface area contributed by atoms with E-state index in [1.807, 2.05) is 0 Å². The van der Waals surface area contributed by atoms with Gasteiger partial charge >= 0.3 is 6.18 Å². The number of nitrogens with one attached hydrogen (secondary N) is 1. The van der Waals surface area contributed by atoms with Crippen molar-refractivity contribution in [3.8, 4) is 0 Å². The Labute approximate surface area is 219 Å². The number of carbonyl (C=O) groups is 1. The third kappa shape index (κ3) is 3.45. The summed E-state index contributed by atoms with van der Waals surface area (Å²) in [6.45, 7) is 0. The molecule has 4 nitrogen and oxygen atoms in total. The fourth-order valence-electron chi connectivity index (χ4n) is 10.8. The number of nitrogens with zero attached hydrogens (tertiary/aromatic N) is 1. The highest BCUT2D eigenvalue weighted by Crippen LogP contribution is 2.61. The van der Waals surface area contributed by atoms with Crippen molar-refractivity contribution in [2.75, 3.05) is 5.73 Å². The van der Waals surface area contributed by atoms with E-state index in [0.29, 0.717) is 41.2 Å². The molecular weight excluding hydrogens is 495 g/mol. The first-order valence-corrected chi connectivity index (χ1v) is 15.0. The van der Waals surface area contributed by atoms with Gasteiger partial charge in [-0.05, 0) is 119 Å². The van der Waals surface area contributed by atoms with Crippen molar-refractivity contribution in [3.05, 3.63) is 22.2 Å². The molecule has 37 heavy (non-hydrogen) atoms. The summed E-state index contributed by atoms with van der Waals surface area (Å²) in [5.74, 6) is 3.48. The van der Waals surface area contributed by atoms with Gasteiger partial charge in [0, 0.05) is 22.0 Å². The molecule has 0 unspecified atom stereocenters. The lowest BCUT2D eigenvalue weighted by Gasteiger charge is -2.56. The molecular formula is C29H34F3N3OS. The van der Waals surface area contributed by atoms with Crippen LogP contribution in [0, 0.1) is 35.5 Å². The molecule has 198 valence electrons. The first-order valence-electron chi connectivity index (χ1n) is 14.2. The molecule has 2 aromatic heterocycles. The van der Waals surface area contributed by atoms with Crippen molar-refractivity contribution >= 4 is 33.1 Å². The van der Waals surface area contributed by atoms with E-state index in [1.165, 1.54) is 44.6 Å². The van der Waals surface area contributed by atoms with Crippen molar-refractivity contribution in [1.82, 2.24) is 10.3 Å². The van der Waals surface area contributed by atoms with Crippen LogP contribution in [0.1, 0.15) is 98.0 Å². The largest absolute Gasteiger partial charge is 0.417 e. The van der Waals surface area contributed by atoms with E-state index in [-0.39, 0.29) is 37.6 Å². The molecule has 8 aliphatic rings. The number of fused-ring (bicyclic) bond motifs is 1. The molecule has 0 atom stereocenters. The number of hydrogen-bond donors (Lipinski definition) is 2. The Balaban J connectivity index is 1.19. The molecule has 8 bridgehead atoms. The van der Waals surface area contributed by atoms with Gasteiger partial charge in [0.2, 0.25) is 0 Å². The van der Waals surface area contributed by atoms with Crippen molar-refractivity contribution in [1.29, 1.82) is 0 Å². The fourth-order valence-corrected chi connectivity index (χ4v) is 11.8. The van der Waals surface area contributed by atoms with Crippen LogP contribution in [-0.2, 0) is 11.6 Å². The predicted octanol–water partition coefficient (Wildman–Crippen LogP) is 7.06. The van der Waals surface area contributed by atoms with Crippen LogP contribution in [0.25, 0.3) is 10.2 Å². The summed E-state index contributed by atoms with van der Waals surface area (Å²) < 4.78 is 43.4. The van der Waals surface area contributed by atoms with Gasteiger partial charge in [-0.3, -0.25) is 4.79 Å². The number of rotatable bonds is 3. The normalized spacial score (nSPS) is 41.6. The quantitative estimate of drug-likeness (QED) is 0.447. The number of hydrogen-bond acceptors (Lipinski definition) is 4. The number of nitrogen functional groups attached to an aromatic ring is 1. The maximum absolute atomic E-state index is 14.5. The zero-order valence-electron chi connectivity index (χ0n) is 21.0. The molecule has 8 heteroatoms. The Morgan fingerprint density at radius 3 is 1.86 bits per heavy atom. The minimum absolute atomic E-state index is 0.0564. The molecule has 3 N–H and O–H groups in total. The van der Waals surface area contributed by atoms with Gasteiger partial charge in [0.1, 0.15) is 9.71 Å². The monoisotopic (exact) mass is 529 g/mol. The summed E-state index contributed by atoms with van der Waals surface area (Å²) in [5.41, 5.74) is 5.70. The van der Waals surface area contributed by atoms with Gasteiger partial charge in [-0.25, -0.2) is 4.98 Å². The second-order valence-electron chi connectivity index (χ2n) is 13.9. The predicted molar refractivity (Wildman–Crippen MR) is 137 cm³/mol. The lowest BCUT2D eigenvalue weighted by molar-refractivity contribution is -0.136. The number of anilines is 1. The summed E-state index contributed by atoms with van der Waals surface area (Å²) in [5, 5.41) is 3.22. The van der Waals surface area contributed by atoms with Gasteiger partial charge in [0.25, 0.3) is 5.91 Å². The number of nitrogens with two attached hydrogens (primary N) is 1. The molecule has 0 spiro atoms. The van der Waals surface area contributed by atoms with Gasteiger partial charge in [0.15, 0.2) is 0 Å². The van der Waals surface area contributed by atoms with Gasteiger partial charge in [-0.15, -0.1) is 11.3 Å². The van der Waals surface area contributed by atoms with Gasteiger partial charge in [-0.1, -0.05) is 0 Å². The zero-order chi connectivity index (χ0) is 25.3. The molecule has 1 amide bonds. The van der Waals surface area contributed by atoms with Crippen LogP contribution in [0.5, 0.6) is 0 Å². The van der Waals surface area contributed by atoms with E-state index in [0.717, 1.165) is 49.9 Å². The van der Waals surface area contributed by atoms with Crippen LogP contribution in [-0.4, -0.2) is 16.4 Å². The number of pyridine rings is 1. The fraction of sp³-hybridized carbons (Fsp3) is 0.724. The topological polar surface area (TPSA) is 68.0 Å². The SMILES string of the molecule is Nc1c(C(=O)NC23CC4CC(CC(C4)C2)C3)sc2nc(C34CC5CC(CC(C5)C3)C4)cc(C(F)(F)F)c12. The molecule has 0 radical (unpaired) electrons. The molecule has 0 aromatic carbocycles. The average molecular weight is 530 g/mol. The van der Waals surface area contributed by atoms with Crippen molar-refractivity contribution in [2.45, 2.75) is 94.2 Å². The highest BCUT2D eigenvalue weighted by molar-refractivity contribution is 7.21. The standard InChI is InChI=1S/C29H34F3N3OS/c30-29(31,32)20-7-21(27-8-14-1-15(9-27)3-16(2-14)10-27)34-26-22(20)23(33)24(37-26)25(36)35-28-11-17-4-18(12-28)6-19(5-17)13-28/h7,14-19H,1-6,8-13,33H2,(H,35,36). The Hall–Kier alpha value is -1.83. The second kappa shape index (κ2) is 7.42. The first kappa shape index (κ1) is 23.1. The summed E-state index contributed by atoms with van der Waals surface area (Å²) in [4.78, 5) is 19.0. The first-order chi connectivity index (χ1) is 17.6. The minimum Gasteiger partial charge on any atom is -0.397 e. The Morgan fingerprint density at radius 1 is 0.892 bits per heavy atom. The summed E-state index contributed by atoms with van der Waals surface area (Å²) in [7, 11) is 0. The molecule has 2 aromatic rings. The number of halogens is 3. The number of aromatic nitrogens is 1. The van der Waals surface area contributed by atoms with E-state index < -0.39 is 11.7 Å². The molecule has 0 saturated heterocycles. The smallest absolute Gasteiger partial charge is 0.397 e. The van der Waals surface area contributed by atoms with Gasteiger partial charge < -0.3 is 11.1 Å². The second-order valence-corrected chi connectivity index (χ2v) is 14.9. The maximum Gasteiger partial charge on any atom is 0.417 e. The number of carbonyl (C=O) groups excluding carboxylic acids is 1. The van der Waals surface area contributed by atoms with Crippen molar-refractivity contribution in [3.63, 3.8) is 0 Å². The van der Waals surface area contributed by atoms with E-state index in [4.69, 9.17) is 10.7 Å². The maximum atomic E-state index is 14.5. The molecule has 8 saturated carbocycles. The zero-order valence-corrected chi connectivity index (χ0v) is 21.8. The van der Waals surface area contributed by atoms with E-state index in [2.05, 4.69) is 5.32 Å². The minimum atomic E-state index is -4.55. The van der Waals surface area contributed by atoms with E-state index in [1.54, 1.807) is 0 Å². The summed E-state index contributed by atoms with van der Waals surface area (Å²) in [6.07, 6.45) is 8.63. The molecule has 8 aliphatic carbocycles. The lowest BCUT2D eigenvalue weighted by atomic mass is 9.48. The van der Waals surface area contributed by atoms with Crippen LogP contribution < -0.4 is 11.1 Å². The van der Waals surface area contributed by atoms with Crippen LogP contribution in [0.15, 0.2) is 6.07 Å². The summed E-state index contributed by atoms with van der Waals surface area (Å²) in [6, 6.07) is 1.29. The van der Waals surface area contributed by atoms with Gasteiger partial charge in [0.05, 0.1) is 11.3 Å². The van der Waals surface area contributed by atoms with Crippen molar-refractivity contribution < 1.29 is 18.0 Å². The molecule has 10 rings (SSSR count). The Morgan fingerprint density at radius 2 is 1.38 bits per heavy atom. The molecule has 0 aliphatic heterocycles. The molecule has 2 heterocycles. The molecule has 8 fully saturated rings. The van der Waals surface area contributed by atoms with Crippen LogP contribution >= 0.6 is 11.3 Å². The third-order valence-corrected chi connectivity index (χ3v) is 12.3. The highest BCUT2D eigenvalue weighted by atomic mass is 32.1. The Bertz CT molecular complexity index is 1240. The Kier molecular flexibility index (Phi) is 4.63. The number of alkyl halides is 3. The lowest BCUT2D eigenvalue weighted by Crippen LogP contribution is -2.59.